The Morgan fingerprint density at radius 3 is 2.67 bits per heavy atom. The van der Waals surface area contributed by atoms with Crippen molar-refractivity contribution in [1.29, 1.82) is 0 Å². The molecule has 0 aromatic heterocycles. The maximum absolute atomic E-state index is 9.27. The molecule has 0 saturated carbocycles. The van der Waals surface area contributed by atoms with Crippen LogP contribution in [0.2, 0.25) is 0 Å². The van der Waals surface area contributed by atoms with Crippen molar-refractivity contribution in [3.63, 3.8) is 0 Å². The third-order valence-corrected chi connectivity index (χ3v) is 0.304. The molecule has 0 aliphatic carbocycles. The van der Waals surface area contributed by atoms with Crippen LogP contribution in [0, 0.1) is 6.42 Å². The minimum Gasteiger partial charge on any atom is -0.257 e. The highest BCUT2D eigenvalue weighted by atomic mass is 16.1. The van der Waals surface area contributed by atoms with Crippen molar-refractivity contribution < 1.29 is 4.79 Å². The highest BCUT2D eigenvalue weighted by Gasteiger charge is 1.67. The molecule has 2 radical (unpaired) electrons. The molecular weight excluding hydrogens is 78.0 g/mol. The summed E-state index contributed by atoms with van der Waals surface area (Å²) in [5.74, 6) is 1.52. The molecule has 0 bridgehead atoms. The lowest BCUT2D eigenvalue weighted by molar-refractivity contribution is 0.568. The van der Waals surface area contributed by atoms with Gasteiger partial charge in [-0.05, 0) is 0 Å². The van der Waals surface area contributed by atoms with E-state index in [9.17, 15) is 4.79 Å². The van der Waals surface area contributed by atoms with Gasteiger partial charge in [0.1, 0.15) is 5.94 Å². The number of rotatable bonds is 2. The van der Waals surface area contributed by atoms with Gasteiger partial charge in [-0.15, -0.1) is 0 Å². The quantitative estimate of drug-likeness (QED) is 0.428. The van der Waals surface area contributed by atoms with Gasteiger partial charge >= 0.3 is 0 Å². The summed E-state index contributed by atoms with van der Waals surface area (Å²) < 4.78 is 0. The summed E-state index contributed by atoms with van der Waals surface area (Å²) in [5.41, 5.74) is 6.44. The molecule has 0 aromatic carbocycles. The highest BCUT2D eigenvalue weighted by Crippen LogP contribution is 1.65. The number of nitrogens with one attached hydrogen (secondary N) is 1. The molecule has 1 N–H and O–H groups in total. The Labute approximate surface area is 36.6 Å². The van der Waals surface area contributed by atoms with Gasteiger partial charge in [0.25, 0.3) is 0 Å². The second kappa shape index (κ2) is 4.41. The minimum absolute atomic E-state index is 0.162. The summed E-state index contributed by atoms with van der Waals surface area (Å²) in [6.45, 7) is 0.162. The fourth-order valence-corrected chi connectivity index (χ4v) is 0.107. The first-order valence-electron chi connectivity index (χ1n) is 1.59. The monoisotopic (exact) mass is 83.0 g/mol. The van der Waals surface area contributed by atoms with E-state index < -0.39 is 0 Å². The topological polar surface area (TPSA) is 40.9 Å². The van der Waals surface area contributed by atoms with Crippen LogP contribution in [0.5, 0.6) is 0 Å². The second-order valence-electron chi connectivity index (χ2n) is 0.724. The lowest BCUT2D eigenvalue weighted by Gasteiger charge is -1.70. The standard InChI is InChI=1S/C4H5NO/c5-3-1-2-4-6/h1-2,5H,3H2. The summed E-state index contributed by atoms with van der Waals surface area (Å²) in [6.07, 6.45) is 2.61. The Morgan fingerprint density at radius 2 is 2.50 bits per heavy atom. The van der Waals surface area contributed by atoms with Crippen LogP contribution in [0.25, 0.3) is 0 Å². The zero-order valence-corrected chi connectivity index (χ0v) is 3.27. The molecule has 0 aliphatic heterocycles. The van der Waals surface area contributed by atoms with Gasteiger partial charge in [0.05, 0.1) is 0 Å². The fraction of sp³-hybridized carbons (Fsp3) is 0.250. The molecule has 0 amide bonds. The molecule has 0 rings (SSSR count). The second-order valence-corrected chi connectivity index (χ2v) is 0.724. The van der Waals surface area contributed by atoms with Gasteiger partial charge in [-0.3, -0.25) is 5.73 Å². The van der Waals surface area contributed by atoms with Crippen LogP contribution in [0.1, 0.15) is 0 Å². The van der Waals surface area contributed by atoms with Crippen LogP contribution in [0.3, 0.4) is 0 Å². The van der Waals surface area contributed by atoms with E-state index in [0.29, 0.717) is 0 Å². The summed E-state index contributed by atoms with van der Waals surface area (Å²) in [4.78, 5) is 9.27. The molecule has 0 spiro atoms. The number of hydrogen-bond acceptors (Lipinski definition) is 1. The lowest BCUT2D eigenvalue weighted by atomic mass is 10.4. The maximum Gasteiger partial charge on any atom is 0.120 e. The van der Waals surface area contributed by atoms with E-state index in [1.54, 1.807) is 0 Å². The van der Waals surface area contributed by atoms with Crippen molar-refractivity contribution in [2.75, 3.05) is 6.54 Å². The Hall–Kier alpha value is -0.590. The molecule has 0 saturated heterocycles. The van der Waals surface area contributed by atoms with E-state index >= 15 is 0 Å². The predicted octanol–water partition coefficient (Wildman–Crippen LogP) is -0.139. The van der Waals surface area contributed by atoms with Gasteiger partial charge in [-0.1, -0.05) is 0 Å². The van der Waals surface area contributed by atoms with Crippen LogP contribution in [-0.2, 0) is 4.79 Å². The molecule has 2 heteroatoms. The molecule has 0 aliphatic rings. The van der Waals surface area contributed by atoms with Crippen molar-refractivity contribution in [2.24, 2.45) is 0 Å². The molecule has 2 nitrogen and oxygen atoms in total. The zero-order valence-electron chi connectivity index (χ0n) is 3.27. The summed E-state index contributed by atoms with van der Waals surface area (Å²) in [5, 5.41) is 0. The van der Waals surface area contributed by atoms with Gasteiger partial charge in [0.2, 0.25) is 0 Å². The highest BCUT2D eigenvalue weighted by molar-refractivity contribution is 5.47. The van der Waals surface area contributed by atoms with Gasteiger partial charge in [0.15, 0.2) is 0 Å². The van der Waals surface area contributed by atoms with Gasteiger partial charge in [0, 0.05) is 19.0 Å². The minimum atomic E-state index is 0.162. The first-order valence-corrected chi connectivity index (χ1v) is 1.59. The molecular formula is C4H5NO. The van der Waals surface area contributed by atoms with Crippen LogP contribution in [0.4, 0.5) is 0 Å². The number of carbonyl (C=O) groups excluding carboxylic acids is 1. The van der Waals surface area contributed by atoms with Crippen LogP contribution in [0.15, 0.2) is 6.08 Å². The van der Waals surface area contributed by atoms with Crippen LogP contribution < -0.4 is 5.73 Å². The Balaban J connectivity index is 2.86. The van der Waals surface area contributed by atoms with Crippen molar-refractivity contribution in [3.05, 3.63) is 12.5 Å². The number of hydrogen-bond donors (Lipinski definition) is 0. The van der Waals surface area contributed by atoms with E-state index in [1.165, 1.54) is 18.4 Å². The van der Waals surface area contributed by atoms with E-state index in [-0.39, 0.29) is 6.54 Å². The van der Waals surface area contributed by atoms with Crippen LogP contribution >= 0.6 is 0 Å². The summed E-state index contributed by atoms with van der Waals surface area (Å²) >= 11 is 0. The largest absolute Gasteiger partial charge is 0.257 e. The third kappa shape index (κ3) is 3.41. The van der Waals surface area contributed by atoms with Crippen molar-refractivity contribution in [1.82, 2.24) is 5.73 Å². The average Bonchev–Trinajstić information content (AvgIpc) is 1.61. The molecule has 6 heavy (non-hydrogen) atoms. The summed E-state index contributed by atoms with van der Waals surface area (Å²) in [7, 11) is 0. The Kier molecular flexibility index (Phi) is 3.98. The van der Waals surface area contributed by atoms with Crippen molar-refractivity contribution >= 4 is 5.94 Å². The smallest absolute Gasteiger partial charge is 0.120 e. The van der Waals surface area contributed by atoms with Gasteiger partial charge < -0.3 is 0 Å². The van der Waals surface area contributed by atoms with E-state index in [1.807, 2.05) is 0 Å². The molecule has 32 valence electrons. The summed E-state index contributed by atoms with van der Waals surface area (Å²) in [6, 6.07) is 0. The van der Waals surface area contributed by atoms with Gasteiger partial charge in [-0.25, -0.2) is 4.79 Å². The zero-order chi connectivity index (χ0) is 4.83. The fourth-order valence-electron chi connectivity index (χ4n) is 0.107. The first-order chi connectivity index (χ1) is 2.91. The average molecular weight is 83.1 g/mol. The van der Waals surface area contributed by atoms with E-state index in [4.69, 9.17) is 5.73 Å². The molecule has 0 unspecified atom stereocenters. The molecule has 0 heterocycles. The molecule has 0 atom stereocenters. The first kappa shape index (κ1) is 5.41. The Bertz CT molecular complexity index is 63.9. The lowest BCUT2D eigenvalue weighted by Crippen LogP contribution is -1.79. The molecule has 0 fully saturated rings. The Morgan fingerprint density at radius 1 is 1.83 bits per heavy atom. The van der Waals surface area contributed by atoms with Crippen LogP contribution in [-0.4, -0.2) is 12.5 Å². The normalized spacial score (nSPS) is 6.83. The molecule has 0 aromatic rings. The van der Waals surface area contributed by atoms with Crippen molar-refractivity contribution in [3.8, 4) is 0 Å². The maximum atomic E-state index is 9.27. The van der Waals surface area contributed by atoms with Gasteiger partial charge in [-0.2, -0.15) is 0 Å². The van der Waals surface area contributed by atoms with Crippen molar-refractivity contribution in [2.45, 2.75) is 0 Å². The third-order valence-electron chi connectivity index (χ3n) is 0.304. The van der Waals surface area contributed by atoms with E-state index in [2.05, 4.69) is 0 Å². The predicted molar refractivity (Wildman–Crippen MR) is 22.5 cm³/mol. The SMILES string of the molecule is [NH]C[CH]C=C=O. The van der Waals surface area contributed by atoms with E-state index in [0.717, 1.165) is 0 Å².